The van der Waals surface area contributed by atoms with Gasteiger partial charge in [-0.3, -0.25) is 9.59 Å². The molecule has 1 fully saturated rings. The number of carbonyl (C=O) groups is 2. The van der Waals surface area contributed by atoms with Gasteiger partial charge < -0.3 is 15.4 Å². The number of benzene rings is 2. The van der Waals surface area contributed by atoms with Crippen LogP contribution in [0, 0.1) is 0 Å². The molecule has 0 saturated heterocycles. The largest absolute Gasteiger partial charge is 0.468 e. The number of rotatable bonds is 3. The molecule has 0 atom stereocenters. The van der Waals surface area contributed by atoms with E-state index in [9.17, 15) is 9.59 Å². The summed E-state index contributed by atoms with van der Waals surface area (Å²) in [5.74, 6) is -0.378. The molecule has 0 spiro atoms. The zero-order valence-corrected chi connectivity index (χ0v) is 16.7. The van der Waals surface area contributed by atoms with Crippen LogP contribution < -0.4 is 5.73 Å². The van der Waals surface area contributed by atoms with Crippen molar-refractivity contribution in [2.24, 2.45) is 0 Å². The van der Waals surface area contributed by atoms with Crippen molar-refractivity contribution in [3.63, 3.8) is 0 Å². The Labute approximate surface area is 173 Å². The lowest BCUT2D eigenvalue weighted by Crippen LogP contribution is -2.43. The number of fused-ring (bicyclic) bond motifs is 2. The van der Waals surface area contributed by atoms with Crippen LogP contribution in [0.5, 0.6) is 0 Å². The van der Waals surface area contributed by atoms with E-state index in [0.29, 0.717) is 24.0 Å². The Balaban J connectivity index is 1.58. The molecule has 2 heterocycles. The molecule has 3 aromatic rings. The van der Waals surface area contributed by atoms with Crippen molar-refractivity contribution in [3.05, 3.63) is 64.8 Å². The number of aromatic nitrogens is 2. The van der Waals surface area contributed by atoms with Crippen molar-refractivity contribution >= 4 is 28.7 Å². The zero-order valence-electron chi connectivity index (χ0n) is 16.7. The van der Waals surface area contributed by atoms with Gasteiger partial charge in [-0.1, -0.05) is 36.8 Å². The number of hydrogen-bond acceptors (Lipinski definition) is 6. The number of esters is 1. The maximum absolute atomic E-state index is 13.4. The fourth-order valence-corrected chi connectivity index (χ4v) is 4.57. The lowest BCUT2D eigenvalue weighted by molar-refractivity contribution is -0.151. The number of nitrogens with two attached hydrogens (primary N) is 1. The zero-order chi connectivity index (χ0) is 20.9. The van der Waals surface area contributed by atoms with Crippen molar-refractivity contribution in [3.8, 4) is 0 Å². The molecule has 7 nitrogen and oxygen atoms in total. The number of anilines is 1. The second kappa shape index (κ2) is 6.79. The molecule has 5 rings (SSSR count). The van der Waals surface area contributed by atoms with E-state index in [1.165, 1.54) is 7.11 Å². The van der Waals surface area contributed by atoms with Crippen LogP contribution in [0.4, 0.5) is 5.95 Å². The summed E-state index contributed by atoms with van der Waals surface area (Å²) in [6.45, 7) is 1.07. The lowest BCUT2D eigenvalue weighted by Gasteiger charge is -2.39. The Kier molecular flexibility index (Phi) is 4.20. The number of carbonyl (C=O) groups excluding carboxylic acids is 2. The molecule has 2 aliphatic rings. The van der Waals surface area contributed by atoms with Crippen molar-refractivity contribution in [1.29, 1.82) is 0 Å². The van der Waals surface area contributed by atoms with Gasteiger partial charge in [0.15, 0.2) is 0 Å². The van der Waals surface area contributed by atoms with Crippen molar-refractivity contribution in [2.75, 3.05) is 12.8 Å². The number of nitrogen functional groups attached to an aromatic ring is 1. The third-order valence-electron chi connectivity index (χ3n) is 6.38. The van der Waals surface area contributed by atoms with Crippen LogP contribution in [0.25, 0.3) is 10.9 Å². The molecule has 1 amide bonds. The third-order valence-corrected chi connectivity index (χ3v) is 6.38. The predicted octanol–water partition coefficient (Wildman–Crippen LogP) is 2.96. The minimum absolute atomic E-state index is 0.0571. The quantitative estimate of drug-likeness (QED) is 0.677. The molecule has 7 heteroatoms. The van der Waals surface area contributed by atoms with Gasteiger partial charge >= 0.3 is 5.97 Å². The molecule has 2 N–H and O–H groups in total. The van der Waals surface area contributed by atoms with E-state index < -0.39 is 5.41 Å². The van der Waals surface area contributed by atoms with Crippen LogP contribution in [-0.4, -0.2) is 33.9 Å². The topological polar surface area (TPSA) is 98.4 Å². The van der Waals surface area contributed by atoms with Crippen molar-refractivity contribution < 1.29 is 14.3 Å². The van der Waals surface area contributed by atoms with Gasteiger partial charge in [0.25, 0.3) is 5.91 Å². The van der Waals surface area contributed by atoms with Gasteiger partial charge in [-0.25, -0.2) is 9.97 Å². The Morgan fingerprint density at radius 1 is 1.07 bits per heavy atom. The molecule has 1 aromatic heterocycles. The first-order valence-corrected chi connectivity index (χ1v) is 10.0. The van der Waals surface area contributed by atoms with Crippen LogP contribution in [0.15, 0.2) is 42.5 Å². The minimum Gasteiger partial charge on any atom is -0.468 e. The van der Waals surface area contributed by atoms with E-state index in [1.807, 2.05) is 36.4 Å². The summed E-state index contributed by atoms with van der Waals surface area (Å²) in [6.07, 6.45) is 2.42. The molecule has 1 aliphatic carbocycles. The monoisotopic (exact) mass is 402 g/mol. The number of nitrogens with zero attached hydrogens (tertiary/aromatic N) is 3. The summed E-state index contributed by atoms with van der Waals surface area (Å²) in [6, 6.07) is 13.6. The Hall–Kier alpha value is -3.48. The van der Waals surface area contributed by atoms with E-state index in [2.05, 4.69) is 9.97 Å². The van der Waals surface area contributed by atoms with Gasteiger partial charge in [0.2, 0.25) is 5.95 Å². The molecule has 1 saturated carbocycles. The molecule has 30 heavy (non-hydrogen) atoms. The van der Waals surface area contributed by atoms with Gasteiger partial charge in [0, 0.05) is 18.5 Å². The van der Waals surface area contributed by atoms with Crippen molar-refractivity contribution in [2.45, 2.75) is 37.8 Å². The smallest absolute Gasteiger partial charge is 0.316 e. The molecular formula is C23H22N4O3. The Morgan fingerprint density at radius 3 is 2.37 bits per heavy atom. The van der Waals surface area contributed by atoms with E-state index in [0.717, 1.165) is 36.0 Å². The highest BCUT2D eigenvalue weighted by Crippen LogP contribution is 2.45. The summed E-state index contributed by atoms with van der Waals surface area (Å²) in [5, 5.41) is 0.609. The van der Waals surface area contributed by atoms with Crippen molar-refractivity contribution in [1.82, 2.24) is 14.9 Å². The molecule has 2 aromatic carbocycles. The van der Waals surface area contributed by atoms with E-state index in [1.54, 1.807) is 11.0 Å². The second-order valence-corrected chi connectivity index (χ2v) is 8.02. The highest BCUT2D eigenvalue weighted by atomic mass is 16.5. The molecule has 1 aliphatic heterocycles. The molecule has 152 valence electrons. The van der Waals surface area contributed by atoms with E-state index in [-0.39, 0.29) is 23.5 Å². The van der Waals surface area contributed by atoms with E-state index in [4.69, 9.17) is 10.5 Å². The molecule has 0 radical (unpaired) electrons. The summed E-state index contributed by atoms with van der Waals surface area (Å²) in [5.41, 5.74) is 9.22. The summed E-state index contributed by atoms with van der Waals surface area (Å²) >= 11 is 0. The first kappa shape index (κ1) is 18.5. The van der Waals surface area contributed by atoms with Crippen LogP contribution in [0.2, 0.25) is 0 Å². The average Bonchev–Trinajstić information content (AvgIpc) is 3.16. The Bertz CT molecular complexity index is 1160. The number of methoxy groups -OCH3 is 1. The summed E-state index contributed by atoms with van der Waals surface area (Å²) in [7, 11) is 1.41. The van der Waals surface area contributed by atoms with E-state index >= 15 is 0 Å². The second-order valence-electron chi connectivity index (χ2n) is 8.02. The third kappa shape index (κ3) is 2.73. The molecule has 0 unspecified atom stereocenters. The fraction of sp³-hybridized carbons (Fsp3) is 0.304. The lowest BCUT2D eigenvalue weighted by atomic mass is 9.64. The van der Waals surface area contributed by atoms with Gasteiger partial charge in [-0.15, -0.1) is 0 Å². The van der Waals surface area contributed by atoms with Crippen LogP contribution in [-0.2, 0) is 28.0 Å². The maximum atomic E-state index is 13.4. The van der Waals surface area contributed by atoms with Gasteiger partial charge in [0.05, 0.1) is 18.0 Å². The fourth-order valence-electron chi connectivity index (χ4n) is 4.57. The van der Waals surface area contributed by atoms with Crippen LogP contribution in [0.3, 0.4) is 0 Å². The van der Waals surface area contributed by atoms with Gasteiger partial charge in [-0.05, 0) is 41.7 Å². The SMILES string of the molecule is COC(=O)C1(c2ccc3nc(N)nc(C(=O)N4Cc5ccccc5C4)c3c2)CCC1. The first-order valence-electron chi connectivity index (χ1n) is 10.0. The van der Waals surface area contributed by atoms with Gasteiger partial charge in [0.1, 0.15) is 5.69 Å². The average molecular weight is 402 g/mol. The number of hydrogen-bond donors (Lipinski definition) is 1. The summed E-state index contributed by atoms with van der Waals surface area (Å²) < 4.78 is 5.07. The normalized spacial score (nSPS) is 16.8. The number of amides is 1. The van der Waals surface area contributed by atoms with Gasteiger partial charge in [-0.2, -0.15) is 0 Å². The Morgan fingerprint density at radius 2 is 1.77 bits per heavy atom. The highest BCUT2D eigenvalue weighted by Gasteiger charge is 2.47. The standard InChI is InChI=1S/C23H22N4O3/c1-30-21(29)23(9-4-10-23)16-7-8-18-17(11-16)19(26-22(24)25-18)20(28)27-12-14-5-2-3-6-15(14)13-27/h2-3,5-8,11H,4,9-10,12-13H2,1H3,(H2,24,25,26). The molecule has 0 bridgehead atoms. The number of ether oxygens (including phenoxy) is 1. The highest BCUT2D eigenvalue weighted by molar-refractivity contribution is 6.05. The predicted molar refractivity (Wildman–Crippen MR) is 112 cm³/mol. The first-order chi connectivity index (χ1) is 14.5. The molecular weight excluding hydrogens is 380 g/mol. The van der Waals surface area contributed by atoms with Crippen LogP contribution >= 0.6 is 0 Å². The maximum Gasteiger partial charge on any atom is 0.316 e. The minimum atomic E-state index is -0.658. The van der Waals surface area contributed by atoms with Crippen LogP contribution in [0.1, 0.15) is 46.4 Å². The summed E-state index contributed by atoms with van der Waals surface area (Å²) in [4.78, 5) is 36.3.